The van der Waals surface area contributed by atoms with Crippen molar-refractivity contribution >= 4 is 11.8 Å². The molecule has 0 radical (unpaired) electrons. The van der Waals surface area contributed by atoms with Gasteiger partial charge in [-0.1, -0.05) is 11.6 Å². The second kappa shape index (κ2) is 8.57. The number of allylic oxidation sites excluding steroid dienone is 1. The molecule has 156 valence electrons. The van der Waals surface area contributed by atoms with Crippen LogP contribution in [0.5, 0.6) is 5.75 Å². The van der Waals surface area contributed by atoms with Crippen molar-refractivity contribution in [2.24, 2.45) is 0 Å². The van der Waals surface area contributed by atoms with Gasteiger partial charge in [-0.15, -0.1) is 0 Å². The predicted molar refractivity (Wildman–Crippen MR) is 110 cm³/mol. The van der Waals surface area contributed by atoms with Crippen molar-refractivity contribution in [3.8, 4) is 5.75 Å². The van der Waals surface area contributed by atoms with Crippen molar-refractivity contribution in [3.63, 3.8) is 0 Å². The van der Waals surface area contributed by atoms with Crippen LogP contribution in [0.2, 0.25) is 0 Å². The molecule has 3 saturated heterocycles. The molecule has 3 atom stereocenters. The summed E-state index contributed by atoms with van der Waals surface area (Å²) in [4.78, 5) is 30.3. The number of carbonyl (C=O) groups is 2. The summed E-state index contributed by atoms with van der Waals surface area (Å²) in [5.41, 5.74) is 1.75. The fourth-order valence-corrected chi connectivity index (χ4v) is 4.58. The minimum absolute atomic E-state index is 0.0192. The van der Waals surface area contributed by atoms with Gasteiger partial charge in [0.2, 0.25) is 5.91 Å². The van der Waals surface area contributed by atoms with Crippen molar-refractivity contribution in [3.05, 3.63) is 41.5 Å². The lowest BCUT2D eigenvalue weighted by atomic mass is 10.1. The molecule has 0 unspecified atom stereocenters. The summed E-state index contributed by atoms with van der Waals surface area (Å²) in [6, 6.07) is 6.83. The lowest BCUT2D eigenvalue weighted by Gasteiger charge is -2.31. The van der Waals surface area contributed by atoms with E-state index in [0.717, 1.165) is 32.4 Å². The summed E-state index contributed by atoms with van der Waals surface area (Å²) >= 11 is 0. The van der Waals surface area contributed by atoms with Crippen LogP contribution < -0.4 is 4.74 Å². The Bertz CT molecular complexity index is 796. The zero-order chi connectivity index (χ0) is 20.4. The highest BCUT2D eigenvalue weighted by molar-refractivity contribution is 5.98. The molecule has 0 aromatic heterocycles. The highest BCUT2D eigenvalue weighted by Crippen LogP contribution is 2.36. The van der Waals surface area contributed by atoms with E-state index < -0.39 is 6.04 Å². The minimum Gasteiger partial charge on any atom is -0.490 e. The van der Waals surface area contributed by atoms with Crippen LogP contribution in [-0.4, -0.2) is 66.1 Å². The third-order valence-electron chi connectivity index (χ3n) is 6.08. The average molecular weight is 399 g/mol. The monoisotopic (exact) mass is 398 g/mol. The van der Waals surface area contributed by atoms with Crippen LogP contribution in [0.1, 0.15) is 49.9 Å². The third-order valence-corrected chi connectivity index (χ3v) is 6.08. The Kier molecular flexibility index (Phi) is 5.90. The first kappa shape index (κ1) is 20.0. The zero-order valence-electron chi connectivity index (χ0n) is 17.3. The third kappa shape index (κ3) is 4.17. The molecule has 0 bridgehead atoms. The quantitative estimate of drug-likeness (QED) is 0.716. The lowest BCUT2D eigenvalue weighted by Crippen LogP contribution is -2.49. The normalized spacial score (nSPS) is 25.8. The molecule has 6 nitrogen and oxygen atoms in total. The minimum atomic E-state index is -0.425. The number of hydrogen-bond acceptors (Lipinski definition) is 4. The highest BCUT2D eigenvalue weighted by atomic mass is 16.5. The number of carbonyl (C=O) groups excluding carboxylic acids is 2. The van der Waals surface area contributed by atoms with E-state index in [0.29, 0.717) is 30.9 Å². The average Bonchev–Trinajstić information content (AvgIpc) is 3.44. The first-order chi connectivity index (χ1) is 14.0. The Labute approximate surface area is 172 Å². The highest BCUT2D eigenvalue weighted by Gasteiger charge is 2.50. The van der Waals surface area contributed by atoms with Crippen LogP contribution >= 0.6 is 0 Å². The Balaban J connectivity index is 1.54. The molecular weight excluding hydrogens is 368 g/mol. The van der Waals surface area contributed by atoms with Gasteiger partial charge in [0, 0.05) is 31.7 Å². The molecule has 0 saturated carbocycles. The van der Waals surface area contributed by atoms with Crippen LogP contribution in [0, 0.1) is 0 Å². The fourth-order valence-electron chi connectivity index (χ4n) is 4.58. The molecule has 0 aliphatic carbocycles. The molecule has 1 aromatic carbocycles. The van der Waals surface area contributed by atoms with Gasteiger partial charge in [-0.25, -0.2) is 0 Å². The summed E-state index contributed by atoms with van der Waals surface area (Å²) in [6.07, 6.45) is 5.44. The molecule has 2 amide bonds. The maximum Gasteiger partial charge on any atom is 0.255 e. The van der Waals surface area contributed by atoms with Gasteiger partial charge >= 0.3 is 0 Å². The molecule has 1 aromatic rings. The summed E-state index contributed by atoms with van der Waals surface area (Å²) in [5, 5.41) is 0. The maximum atomic E-state index is 13.5. The molecule has 0 spiro atoms. The van der Waals surface area contributed by atoms with E-state index >= 15 is 0 Å². The van der Waals surface area contributed by atoms with Gasteiger partial charge < -0.3 is 19.3 Å². The van der Waals surface area contributed by atoms with Crippen molar-refractivity contribution in [2.45, 2.75) is 57.7 Å². The zero-order valence-corrected chi connectivity index (χ0v) is 17.3. The summed E-state index contributed by atoms with van der Waals surface area (Å²) in [7, 11) is 0. The summed E-state index contributed by atoms with van der Waals surface area (Å²) in [6.45, 7) is 6.75. The Morgan fingerprint density at radius 2 is 2.03 bits per heavy atom. The van der Waals surface area contributed by atoms with Gasteiger partial charge in [-0.05, 0) is 57.4 Å². The number of rotatable bonds is 5. The van der Waals surface area contributed by atoms with E-state index in [-0.39, 0.29) is 24.0 Å². The first-order valence-corrected chi connectivity index (χ1v) is 10.6. The molecule has 3 heterocycles. The van der Waals surface area contributed by atoms with Crippen molar-refractivity contribution < 1.29 is 19.1 Å². The van der Waals surface area contributed by atoms with Crippen LogP contribution in [-0.2, 0) is 9.53 Å². The molecule has 4 rings (SSSR count). The Hall–Kier alpha value is -2.34. The first-order valence-electron chi connectivity index (χ1n) is 10.6. The van der Waals surface area contributed by atoms with Gasteiger partial charge in [0.25, 0.3) is 5.91 Å². The Morgan fingerprint density at radius 3 is 2.79 bits per heavy atom. The number of hydrogen-bond donors (Lipinski definition) is 0. The molecule has 3 aliphatic heterocycles. The van der Waals surface area contributed by atoms with Gasteiger partial charge in [-0.3, -0.25) is 9.59 Å². The molecule has 6 heteroatoms. The van der Waals surface area contributed by atoms with Crippen molar-refractivity contribution in [2.75, 3.05) is 26.3 Å². The van der Waals surface area contributed by atoms with Crippen LogP contribution in [0.15, 0.2) is 35.9 Å². The van der Waals surface area contributed by atoms with Crippen LogP contribution in [0.25, 0.3) is 0 Å². The lowest BCUT2D eigenvalue weighted by molar-refractivity contribution is -0.134. The van der Waals surface area contributed by atoms with E-state index in [1.54, 1.807) is 17.0 Å². The van der Waals surface area contributed by atoms with E-state index in [1.807, 2.05) is 37.0 Å². The van der Waals surface area contributed by atoms with E-state index in [2.05, 4.69) is 0 Å². The number of ether oxygens (including phenoxy) is 2. The number of fused-ring (bicyclic) bond motifs is 1. The second-order valence-corrected chi connectivity index (χ2v) is 8.38. The standard InChI is InChI=1S/C23H30N2O4/c1-16(2)8-12-28-18-7-5-6-17(14-18)22(26)25-19-9-13-29-21(19)15-20(25)23(27)24-10-3-4-11-24/h5-8,14,19-21H,3-4,9-13,15H2,1-2H3/t19-,20-,21-/m0/s1. The van der Waals surface area contributed by atoms with Crippen LogP contribution in [0.3, 0.4) is 0 Å². The summed E-state index contributed by atoms with van der Waals surface area (Å²) < 4.78 is 11.6. The van der Waals surface area contributed by atoms with Gasteiger partial charge in [0.15, 0.2) is 0 Å². The fraction of sp³-hybridized carbons (Fsp3) is 0.565. The largest absolute Gasteiger partial charge is 0.490 e. The number of benzene rings is 1. The van der Waals surface area contributed by atoms with E-state index in [1.165, 1.54) is 5.57 Å². The predicted octanol–water partition coefficient (Wildman–Crippen LogP) is 3.03. The summed E-state index contributed by atoms with van der Waals surface area (Å²) in [5.74, 6) is 0.632. The molecule has 0 N–H and O–H groups in total. The SMILES string of the molecule is CC(C)=CCOc1cccc(C(=O)N2[C@H](C(=O)N3CCCC3)C[C@@H]3OCC[C@@H]32)c1. The second-order valence-electron chi connectivity index (χ2n) is 8.38. The topological polar surface area (TPSA) is 59.1 Å². The molecular formula is C23H30N2O4. The molecule has 3 fully saturated rings. The van der Waals surface area contributed by atoms with Gasteiger partial charge in [0.05, 0.1) is 12.1 Å². The van der Waals surface area contributed by atoms with Crippen molar-refractivity contribution in [1.82, 2.24) is 9.80 Å². The number of amides is 2. The van der Waals surface area contributed by atoms with Gasteiger partial charge in [-0.2, -0.15) is 0 Å². The van der Waals surface area contributed by atoms with E-state index in [9.17, 15) is 9.59 Å². The molecule has 29 heavy (non-hydrogen) atoms. The van der Waals surface area contributed by atoms with E-state index in [4.69, 9.17) is 9.47 Å². The number of likely N-dealkylation sites (tertiary alicyclic amines) is 2. The maximum absolute atomic E-state index is 13.5. The van der Waals surface area contributed by atoms with Gasteiger partial charge in [0.1, 0.15) is 18.4 Å². The smallest absolute Gasteiger partial charge is 0.255 e. The number of nitrogens with zero attached hydrogens (tertiary/aromatic N) is 2. The van der Waals surface area contributed by atoms with Crippen molar-refractivity contribution in [1.29, 1.82) is 0 Å². The van der Waals surface area contributed by atoms with Crippen LogP contribution in [0.4, 0.5) is 0 Å². The molecule has 3 aliphatic rings. The Morgan fingerprint density at radius 1 is 1.24 bits per heavy atom.